The molecule has 0 fully saturated rings. The normalized spacial score (nSPS) is 10.8. The quantitative estimate of drug-likeness (QED) is 0.418. The van der Waals surface area contributed by atoms with Crippen LogP contribution in [-0.4, -0.2) is 22.6 Å². The second-order valence-corrected chi connectivity index (χ2v) is 5.00. The number of aromatic nitrogens is 1. The first-order valence-electron chi connectivity index (χ1n) is 4.78. The summed E-state index contributed by atoms with van der Waals surface area (Å²) in [5.41, 5.74) is 1.51. The molecule has 0 unspecified atom stereocenters. The maximum Gasteiger partial charge on any atom is 0.413 e. The Bertz CT molecular complexity index is 424. The van der Waals surface area contributed by atoms with Crippen molar-refractivity contribution in [1.29, 1.82) is 0 Å². The number of nitrogens with one attached hydrogen (secondary N) is 2. The van der Waals surface area contributed by atoms with Gasteiger partial charge in [0, 0.05) is 5.38 Å². The topological polar surface area (TPSA) is 106 Å². The van der Waals surface area contributed by atoms with Gasteiger partial charge in [-0.3, -0.25) is 15.5 Å². The van der Waals surface area contributed by atoms with Crippen molar-refractivity contribution in [1.82, 2.24) is 10.4 Å². The van der Waals surface area contributed by atoms with E-state index in [1.165, 1.54) is 5.38 Å². The Kier molecular flexibility index (Phi) is 4.02. The first-order chi connectivity index (χ1) is 7.81. The highest BCUT2D eigenvalue weighted by molar-refractivity contribution is 7.14. The Morgan fingerprint density at radius 2 is 2.12 bits per heavy atom. The highest BCUT2D eigenvalue weighted by Gasteiger charge is 2.18. The lowest BCUT2D eigenvalue weighted by Crippen LogP contribution is -2.30. The molecule has 0 aliphatic rings. The van der Waals surface area contributed by atoms with Gasteiger partial charge in [0.25, 0.3) is 5.91 Å². The molecule has 0 atom stereocenters. The fourth-order valence-electron chi connectivity index (χ4n) is 0.900. The van der Waals surface area contributed by atoms with E-state index in [9.17, 15) is 9.59 Å². The molecule has 0 saturated carbocycles. The molecule has 17 heavy (non-hydrogen) atoms. The van der Waals surface area contributed by atoms with Gasteiger partial charge in [0.2, 0.25) is 0 Å². The second kappa shape index (κ2) is 5.11. The summed E-state index contributed by atoms with van der Waals surface area (Å²) in [5, 5.41) is 4.18. The van der Waals surface area contributed by atoms with Crippen molar-refractivity contribution in [2.45, 2.75) is 26.4 Å². The van der Waals surface area contributed by atoms with Gasteiger partial charge < -0.3 is 4.74 Å². The minimum atomic E-state index is -0.619. The number of amides is 2. The number of rotatable bonds is 2. The molecule has 0 aromatic carbocycles. The van der Waals surface area contributed by atoms with E-state index in [1.807, 2.05) is 5.43 Å². The molecule has 7 nitrogen and oxygen atoms in total. The zero-order valence-corrected chi connectivity index (χ0v) is 10.6. The number of carbonyl (C=O) groups excluding carboxylic acids is 2. The van der Waals surface area contributed by atoms with Gasteiger partial charge in [-0.25, -0.2) is 15.6 Å². The molecule has 0 saturated heterocycles. The fraction of sp³-hybridized carbons (Fsp3) is 0.444. The van der Waals surface area contributed by atoms with E-state index in [-0.39, 0.29) is 10.8 Å². The first-order valence-corrected chi connectivity index (χ1v) is 5.66. The molecule has 1 aromatic heterocycles. The minimum Gasteiger partial charge on any atom is -0.444 e. The Morgan fingerprint density at radius 1 is 1.47 bits per heavy atom. The molecule has 0 spiro atoms. The van der Waals surface area contributed by atoms with Crippen LogP contribution in [0.4, 0.5) is 9.93 Å². The van der Waals surface area contributed by atoms with Crippen molar-refractivity contribution in [3.05, 3.63) is 11.1 Å². The summed E-state index contributed by atoms with van der Waals surface area (Å²) in [5.74, 6) is 4.44. The van der Waals surface area contributed by atoms with E-state index in [0.29, 0.717) is 0 Å². The number of anilines is 1. The number of nitrogen functional groups attached to an aromatic ring is 1. The monoisotopic (exact) mass is 258 g/mol. The van der Waals surface area contributed by atoms with Crippen LogP contribution in [0.15, 0.2) is 5.38 Å². The predicted molar refractivity (Wildman–Crippen MR) is 63.6 cm³/mol. The van der Waals surface area contributed by atoms with E-state index in [0.717, 1.165) is 11.3 Å². The lowest BCUT2D eigenvalue weighted by molar-refractivity contribution is 0.0635. The van der Waals surface area contributed by atoms with Gasteiger partial charge >= 0.3 is 6.09 Å². The Hall–Kier alpha value is -1.67. The summed E-state index contributed by atoms with van der Waals surface area (Å²) in [6.45, 7) is 5.26. The standard InChI is InChI=1S/C9H14N4O3S/c1-9(2,3)16-8(15)12-7-11-5(4-17-7)6(14)13-10/h4H,10H2,1-3H3,(H,13,14)(H,11,12,15). The number of ether oxygens (including phenoxy) is 1. The van der Waals surface area contributed by atoms with Crippen LogP contribution in [0.3, 0.4) is 0 Å². The predicted octanol–water partition coefficient (Wildman–Crippen LogP) is 1.09. The molecule has 94 valence electrons. The number of hydrogen-bond acceptors (Lipinski definition) is 6. The summed E-state index contributed by atoms with van der Waals surface area (Å²) >= 11 is 1.11. The lowest BCUT2D eigenvalue weighted by Gasteiger charge is -2.18. The fourth-order valence-corrected chi connectivity index (χ4v) is 1.58. The van der Waals surface area contributed by atoms with Crippen LogP contribution < -0.4 is 16.6 Å². The SMILES string of the molecule is CC(C)(C)OC(=O)Nc1nc(C(=O)NN)cs1. The Balaban J connectivity index is 2.61. The molecule has 0 aliphatic heterocycles. The summed E-state index contributed by atoms with van der Waals surface area (Å²) < 4.78 is 5.03. The maximum absolute atomic E-state index is 11.4. The van der Waals surface area contributed by atoms with Crippen molar-refractivity contribution in [3.63, 3.8) is 0 Å². The summed E-state index contributed by atoms with van der Waals surface area (Å²) in [6, 6.07) is 0. The van der Waals surface area contributed by atoms with Crippen molar-refractivity contribution in [2.24, 2.45) is 5.84 Å². The third kappa shape index (κ3) is 4.37. The van der Waals surface area contributed by atoms with Gasteiger partial charge in [0.15, 0.2) is 5.13 Å². The van der Waals surface area contributed by atoms with E-state index >= 15 is 0 Å². The number of nitrogens with two attached hydrogens (primary N) is 1. The van der Waals surface area contributed by atoms with Crippen molar-refractivity contribution in [3.8, 4) is 0 Å². The first kappa shape index (κ1) is 13.4. The zero-order chi connectivity index (χ0) is 13.1. The molecular weight excluding hydrogens is 244 g/mol. The van der Waals surface area contributed by atoms with Crippen LogP contribution in [0.5, 0.6) is 0 Å². The van der Waals surface area contributed by atoms with Gasteiger partial charge in [-0.15, -0.1) is 11.3 Å². The molecule has 8 heteroatoms. The molecule has 1 rings (SSSR count). The van der Waals surface area contributed by atoms with Crippen LogP contribution >= 0.6 is 11.3 Å². The van der Waals surface area contributed by atoms with Crippen LogP contribution in [-0.2, 0) is 4.74 Å². The molecule has 0 aliphatic carbocycles. The summed E-state index contributed by atoms with van der Waals surface area (Å²) in [6.07, 6.45) is -0.619. The van der Waals surface area contributed by atoms with E-state index in [2.05, 4.69) is 10.3 Å². The average Bonchev–Trinajstić information content (AvgIpc) is 2.62. The Labute approximate surface area is 102 Å². The molecule has 1 aromatic rings. The van der Waals surface area contributed by atoms with E-state index in [4.69, 9.17) is 10.6 Å². The Morgan fingerprint density at radius 3 is 2.65 bits per heavy atom. The average molecular weight is 258 g/mol. The number of hydrogen-bond donors (Lipinski definition) is 3. The molecule has 4 N–H and O–H groups in total. The van der Waals surface area contributed by atoms with Gasteiger partial charge in [0.05, 0.1) is 0 Å². The molecular formula is C9H14N4O3S. The van der Waals surface area contributed by atoms with Crippen LogP contribution in [0.25, 0.3) is 0 Å². The lowest BCUT2D eigenvalue weighted by atomic mass is 10.2. The van der Waals surface area contributed by atoms with E-state index < -0.39 is 17.6 Å². The smallest absolute Gasteiger partial charge is 0.413 e. The van der Waals surface area contributed by atoms with Crippen LogP contribution in [0.2, 0.25) is 0 Å². The summed E-state index contributed by atoms with van der Waals surface area (Å²) in [7, 11) is 0. The second-order valence-electron chi connectivity index (χ2n) is 4.14. The highest BCUT2D eigenvalue weighted by atomic mass is 32.1. The van der Waals surface area contributed by atoms with Gasteiger partial charge in [-0.05, 0) is 20.8 Å². The van der Waals surface area contributed by atoms with Crippen LogP contribution in [0, 0.1) is 0 Å². The largest absolute Gasteiger partial charge is 0.444 e. The molecule has 2 amide bonds. The van der Waals surface area contributed by atoms with Crippen molar-refractivity contribution in [2.75, 3.05) is 5.32 Å². The highest BCUT2D eigenvalue weighted by Crippen LogP contribution is 2.16. The van der Waals surface area contributed by atoms with Crippen molar-refractivity contribution < 1.29 is 14.3 Å². The third-order valence-corrected chi connectivity index (χ3v) is 2.23. The van der Waals surface area contributed by atoms with Crippen LogP contribution in [0.1, 0.15) is 31.3 Å². The van der Waals surface area contributed by atoms with Crippen molar-refractivity contribution >= 4 is 28.5 Å². The number of hydrazine groups is 1. The van der Waals surface area contributed by atoms with Gasteiger partial charge in [0.1, 0.15) is 11.3 Å². The number of carbonyl (C=O) groups is 2. The number of nitrogens with zero attached hydrogens (tertiary/aromatic N) is 1. The molecule has 1 heterocycles. The molecule has 0 bridgehead atoms. The third-order valence-electron chi connectivity index (χ3n) is 1.48. The zero-order valence-electron chi connectivity index (χ0n) is 9.73. The summed E-state index contributed by atoms with van der Waals surface area (Å²) in [4.78, 5) is 26.4. The number of thiazole rings is 1. The minimum absolute atomic E-state index is 0.142. The van der Waals surface area contributed by atoms with Gasteiger partial charge in [-0.2, -0.15) is 0 Å². The van der Waals surface area contributed by atoms with E-state index in [1.54, 1.807) is 20.8 Å². The maximum atomic E-state index is 11.4. The molecule has 0 radical (unpaired) electrons. The van der Waals surface area contributed by atoms with Gasteiger partial charge in [-0.1, -0.05) is 0 Å².